The van der Waals surface area contributed by atoms with Crippen LogP contribution in [0.25, 0.3) is 5.65 Å². The van der Waals surface area contributed by atoms with Gasteiger partial charge in [-0.25, -0.2) is 4.98 Å². The minimum absolute atomic E-state index is 0.426. The smallest absolute Gasteiger partial charge is 0.159 e. The van der Waals surface area contributed by atoms with Crippen LogP contribution in [-0.4, -0.2) is 32.4 Å². The molecule has 6 nitrogen and oxygen atoms in total. The Labute approximate surface area is 132 Å². The highest BCUT2D eigenvalue weighted by molar-refractivity contribution is 6.30. The minimum Gasteiger partial charge on any atom is -0.392 e. The van der Waals surface area contributed by atoms with Crippen molar-refractivity contribution in [3.05, 3.63) is 47.6 Å². The molecule has 0 radical (unpaired) electrons. The summed E-state index contributed by atoms with van der Waals surface area (Å²) in [5, 5.41) is 20.7. The molecule has 0 saturated heterocycles. The molecule has 0 amide bonds. The van der Waals surface area contributed by atoms with E-state index in [9.17, 15) is 5.11 Å². The van der Waals surface area contributed by atoms with Gasteiger partial charge in [0.15, 0.2) is 5.65 Å². The van der Waals surface area contributed by atoms with E-state index < -0.39 is 6.10 Å². The topological polar surface area (TPSA) is 74.5 Å². The third-order valence-corrected chi connectivity index (χ3v) is 3.27. The Kier molecular flexibility index (Phi) is 4.13. The molecular weight excluding hydrogens is 302 g/mol. The quantitative estimate of drug-likeness (QED) is 0.674. The van der Waals surface area contributed by atoms with Gasteiger partial charge in [-0.05, 0) is 25.1 Å². The first kappa shape index (κ1) is 14.6. The van der Waals surface area contributed by atoms with Crippen molar-refractivity contribution in [2.45, 2.75) is 13.0 Å². The fraction of sp³-hybridized carbons (Fsp3) is 0.200. The van der Waals surface area contributed by atoms with Gasteiger partial charge in [-0.15, -0.1) is 0 Å². The summed E-state index contributed by atoms with van der Waals surface area (Å²) in [5.41, 5.74) is 1.56. The maximum absolute atomic E-state index is 9.43. The first-order chi connectivity index (χ1) is 10.6. The van der Waals surface area contributed by atoms with E-state index >= 15 is 0 Å². The lowest BCUT2D eigenvalue weighted by atomic mass is 10.3. The Balaban J connectivity index is 1.92. The largest absolute Gasteiger partial charge is 0.392 e. The van der Waals surface area contributed by atoms with E-state index in [1.165, 1.54) is 0 Å². The summed E-state index contributed by atoms with van der Waals surface area (Å²) in [5.74, 6) is 1.42. The van der Waals surface area contributed by atoms with E-state index in [2.05, 4.69) is 20.7 Å². The van der Waals surface area contributed by atoms with Crippen LogP contribution >= 0.6 is 11.6 Å². The van der Waals surface area contributed by atoms with Crippen LogP contribution in [-0.2, 0) is 0 Å². The Morgan fingerprint density at radius 1 is 1.32 bits per heavy atom. The third-order valence-electron chi connectivity index (χ3n) is 3.03. The number of rotatable bonds is 5. The zero-order chi connectivity index (χ0) is 15.5. The molecule has 22 heavy (non-hydrogen) atoms. The van der Waals surface area contributed by atoms with E-state index in [0.29, 0.717) is 23.0 Å². The van der Waals surface area contributed by atoms with Crippen molar-refractivity contribution in [3.63, 3.8) is 0 Å². The van der Waals surface area contributed by atoms with Crippen molar-refractivity contribution >= 4 is 34.6 Å². The van der Waals surface area contributed by atoms with Crippen LogP contribution in [0.4, 0.5) is 17.3 Å². The lowest BCUT2D eigenvalue weighted by molar-refractivity contribution is 0.208. The fourth-order valence-corrected chi connectivity index (χ4v) is 2.26. The number of aliphatic hydroxyl groups is 1. The SMILES string of the molecule is CC(O)CNc1cc(Nc2cccc(Cl)c2)nc2ccnn12. The Bertz CT molecular complexity index is 786. The summed E-state index contributed by atoms with van der Waals surface area (Å²) in [4.78, 5) is 4.49. The summed E-state index contributed by atoms with van der Waals surface area (Å²) in [6.45, 7) is 2.15. The number of halogens is 1. The number of benzene rings is 1. The van der Waals surface area contributed by atoms with Gasteiger partial charge in [0.2, 0.25) is 0 Å². The van der Waals surface area contributed by atoms with Crippen molar-refractivity contribution in [3.8, 4) is 0 Å². The third kappa shape index (κ3) is 3.29. The Morgan fingerprint density at radius 3 is 2.95 bits per heavy atom. The number of fused-ring (bicyclic) bond motifs is 1. The first-order valence-corrected chi connectivity index (χ1v) is 7.29. The van der Waals surface area contributed by atoms with Gasteiger partial charge in [-0.1, -0.05) is 17.7 Å². The normalized spacial score (nSPS) is 12.3. The monoisotopic (exact) mass is 317 g/mol. The Hall–Kier alpha value is -2.31. The fourth-order valence-electron chi connectivity index (χ4n) is 2.07. The molecule has 114 valence electrons. The number of hydrogen-bond donors (Lipinski definition) is 3. The number of nitrogens with one attached hydrogen (secondary N) is 2. The predicted octanol–water partition coefficient (Wildman–Crippen LogP) is 2.92. The second-order valence-electron chi connectivity index (χ2n) is 4.99. The molecule has 1 atom stereocenters. The van der Waals surface area contributed by atoms with E-state index in [1.54, 1.807) is 17.6 Å². The van der Waals surface area contributed by atoms with Crippen molar-refractivity contribution in [1.82, 2.24) is 14.6 Å². The number of aliphatic hydroxyl groups excluding tert-OH is 1. The first-order valence-electron chi connectivity index (χ1n) is 6.91. The lowest BCUT2D eigenvalue weighted by Crippen LogP contribution is -2.17. The second kappa shape index (κ2) is 6.21. The van der Waals surface area contributed by atoms with Crippen LogP contribution in [0.1, 0.15) is 6.92 Å². The molecular formula is C15H16ClN5O. The standard InChI is InChI=1S/C15H16ClN5O/c1-10(22)9-17-15-8-13(20-14-5-6-18-21(14)15)19-12-4-2-3-11(16)7-12/h2-8,10,17,22H,9H2,1H3,(H,19,20). The second-order valence-corrected chi connectivity index (χ2v) is 5.43. The van der Waals surface area contributed by atoms with E-state index in [4.69, 9.17) is 11.6 Å². The molecule has 0 fully saturated rings. The van der Waals surface area contributed by atoms with Crippen molar-refractivity contribution < 1.29 is 5.11 Å². The minimum atomic E-state index is -0.455. The summed E-state index contributed by atoms with van der Waals surface area (Å²) in [7, 11) is 0. The van der Waals surface area contributed by atoms with E-state index in [0.717, 1.165) is 11.5 Å². The molecule has 7 heteroatoms. The summed E-state index contributed by atoms with van der Waals surface area (Å²) in [6.07, 6.45) is 1.22. The molecule has 3 rings (SSSR count). The number of hydrogen-bond acceptors (Lipinski definition) is 5. The highest BCUT2D eigenvalue weighted by Gasteiger charge is 2.07. The van der Waals surface area contributed by atoms with Gasteiger partial charge in [-0.2, -0.15) is 9.61 Å². The summed E-state index contributed by atoms with van der Waals surface area (Å²) >= 11 is 5.99. The van der Waals surface area contributed by atoms with Gasteiger partial charge in [0.1, 0.15) is 11.6 Å². The van der Waals surface area contributed by atoms with E-state index in [-0.39, 0.29) is 0 Å². The molecule has 1 aromatic carbocycles. The van der Waals surface area contributed by atoms with Crippen LogP contribution in [0.3, 0.4) is 0 Å². The van der Waals surface area contributed by atoms with Gasteiger partial charge in [-0.3, -0.25) is 0 Å². The van der Waals surface area contributed by atoms with Gasteiger partial charge in [0.05, 0.1) is 12.3 Å². The highest BCUT2D eigenvalue weighted by atomic mass is 35.5. The van der Waals surface area contributed by atoms with E-state index in [1.807, 2.05) is 36.4 Å². The maximum atomic E-state index is 9.43. The average molecular weight is 318 g/mol. The van der Waals surface area contributed by atoms with Gasteiger partial charge in [0, 0.05) is 29.4 Å². The Morgan fingerprint density at radius 2 is 2.18 bits per heavy atom. The molecule has 0 aliphatic rings. The number of aromatic nitrogens is 3. The molecule has 2 heterocycles. The molecule has 3 N–H and O–H groups in total. The molecule has 2 aromatic heterocycles. The lowest BCUT2D eigenvalue weighted by Gasteiger charge is -2.12. The summed E-state index contributed by atoms with van der Waals surface area (Å²) < 4.78 is 1.69. The van der Waals surface area contributed by atoms with Crippen LogP contribution in [0.15, 0.2) is 42.6 Å². The number of nitrogens with zero attached hydrogens (tertiary/aromatic N) is 3. The molecule has 0 spiro atoms. The molecule has 0 aliphatic heterocycles. The van der Waals surface area contributed by atoms with Crippen molar-refractivity contribution in [1.29, 1.82) is 0 Å². The zero-order valence-electron chi connectivity index (χ0n) is 12.0. The molecule has 3 aromatic rings. The van der Waals surface area contributed by atoms with Crippen LogP contribution < -0.4 is 10.6 Å². The average Bonchev–Trinajstić information content (AvgIpc) is 2.93. The van der Waals surface area contributed by atoms with Crippen molar-refractivity contribution in [2.75, 3.05) is 17.2 Å². The molecule has 0 saturated carbocycles. The highest BCUT2D eigenvalue weighted by Crippen LogP contribution is 2.22. The molecule has 1 unspecified atom stereocenters. The zero-order valence-corrected chi connectivity index (χ0v) is 12.7. The molecule has 0 aliphatic carbocycles. The summed E-state index contributed by atoms with van der Waals surface area (Å²) in [6, 6.07) is 11.1. The van der Waals surface area contributed by atoms with Crippen molar-refractivity contribution in [2.24, 2.45) is 0 Å². The van der Waals surface area contributed by atoms with Gasteiger partial charge < -0.3 is 15.7 Å². The maximum Gasteiger partial charge on any atom is 0.159 e. The van der Waals surface area contributed by atoms with Gasteiger partial charge in [0.25, 0.3) is 0 Å². The number of anilines is 3. The van der Waals surface area contributed by atoms with Crippen LogP contribution in [0, 0.1) is 0 Å². The van der Waals surface area contributed by atoms with Gasteiger partial charge >= 0.3 is 0 Å². The predicted molar refractivity (Wildman–Crippen MR) is 87.9 cm³/mol. The van der Waals surface area contributed by atoms with Crippen LogP contribution in [0.2, 0.25) is 5.02 Å². The molecule has 0 bridgehead atoms. The van der Waals surface area contributed by atoms with Crippen LogP contribution in [0.5, 0.6) is 0 Å².